The quantitative estimate of drug-likeness (QED) is 0.181. The van der Waals surface area contributed by atoms with Crippen LogP contribution in [-0.4, -0.2) is 34.0 Å². The second-order valence-electron chi connectivity index (χ2n) is 10.1. The van der Waals surface area contributed by atoms with Crippen LogP contribution >= 0.6 is 46.6 Å². The Kier molecular flexibility index (Phi) is 11.4. The molecule has 0 fully saturated rings. The van der Waals surface area contributed by atoms with E-state index >= 15 is 0 Å². The van der Waals surface area contributed by atoms with Crippen molar-refractivity contribution < 1.29 is 9.59 Å². The number of carbonyl (C=O) groups excluding carboxylic acids is 2. The van der Waals surface area contributed by atoms with Gasteiger partial charge in [0.25, 0.3) is 0 Å². The van der Waals surface area contributed by atoms with E-state index in [9.17, 15) is 9.59 Å². The number of rotatable bonds is 11. The lowest BCUT2D eigenvalue weighted by Gasteiger charge is -2.34. The highest BCUT2D eigenvalue weighted by molar-refractivity contribution is 7.99. The van der Waals surface area contributed by atoms with E-state index in [1.54, 1.807) is 34.9 Å². The van der Waals surface area contributed by atoms with E-state index in [1.165, 1.54) is 0 Å². The van der Waals surface area contributed by atoms with Gasteiger partial charge in [-0.3, -0.25) is 9.59 Å². The van der Waals surface area contributed by atoms with E-state index < -0.39 is 11.6 Å². The highest BCUT2D eigenvalue weighted by Gasteiger charge is 2.32. The molecule has 0 bridgehead atoms. The number of hydrogen-bond acceptors (Lipinski definition) is 3. The van der Waals surface area contributed by atoms with Crippen LogP contribution < -0.4 is 5.32 Å². The van der Waals surface area contributed by atoms with Gasteiger partial charge in [0.2, 0.25) is 11.8 Å². The number of amides is 2. The van der Waals surface area contributed by atoms with E-state index in [0.29, 0.717) is 33.5 Å². The van der Waals surface area contributed by atoms with Crippen molar-refractivity contribution in [1.82, 2.24) is 10.2 Å². The van der Waals surface area contributed by atoms with Crippen LogP contribution in [0.25, 0.3) is 0 Å². The molecule has 202 valence electrons. The first-order valence-corrected chi connectivity index (χ1v) is 14.6. The molecule has 3 aromatic rings. The Balaban J connectivity index is 1.85. The van der Waals surface area contributed by atoms with Crippen LogP contribution in [0.5, 0.6) is 0 Å². The van der Waals surface area contributed by atoms with Gasteiger partial charge in [0.15, 0.2) is 0 Å². The van der Waals surface area contributed by atoms with E-state index in [-0.39, 0.29) is 24.8 Å². The Morgan fingerprint density at radius 1 is 0.895 bits per heavy atom. The van der Waals surface area contributed by atoms with Gasteiger partial charge in [-0.15, -0.1) is 11.8 Å². The molecule has 1 unspecified atom stereocenters. The van der Waals surface area contributed by atoms with Gasteiger partial charge in [0.05, 0.1) is 0 Å². The highest BCUT2D eigenvalue weighted by Crippen LogP contribution is 2.28. The molecular weight excluding hydrogens is 559 g/mol. The fraction of sp³-hybridized carbons (Fsp3) is 0.333. The van der Waals surface area contributed by atoms with Gasteiger partial charge in [-0.25, -0.2) is 0 Å². The van der Waals surface area contributed by atoms with Crippen LogP contribution in [0.15, 0.2) is 77.7 Å². The van der Waals surface area contributed by atoms with Crippen molar-refractivity contribution in [2.45, 2.75) is 63.1 Å². The molecule has 0 aromatic heterocycles. The molecule has 1 N–H and O–H groups in total. The third kappa shape index (κ3) is 9.53. The fourth-order valence-corrected chi connectivity index (χ4v) is 5.44. The number of benzene rings is 3. The Bertz CT molecular complexity index is 1190. The number of thioether (sulfide) groups is 1. The number of carbonyl (C=O) groups is 2. The minimum Gasteiger partial charge on any atom is -0.350 e. The Morgan fingerprint density at radius 2 is 1.53 bits per heavy atom. The number of nitrogens with zero attached hydrogens (tertiary/aromatic N) is 1. The van der Waals surface area contributed by atoms with E-state index in [1.807, 2.05) is 75.4 Å². The van der Waals surface area contributed by atoms with Gasteiger partial charge in [0, 0.05) is 50.5 Å². The summed E-state index contributed by atoms with van der Waals surface area (Å²) in [6.07, 6.45) is 1.31. The maximum atomic E-state index is 13.8. The number of hydrogen-bond donors (Lipinski definition) is 1. The number of nitrogens with one attached hydrogen (secondary N) is 1. The van der Waals surface area contributed by atoms with Crippen molar-refractivity contribution in [1.29, 1.82) is 0 Å². The van der Waals surface area contributed by atoms with Crippen molar-refractivity contribution in [3.05, 3.63) is 99.0 Å². The maximum absolute atomic E-state index is 13.8. The first kappa shape index (κ1) is 30.4. The molecule has 8 heteroatoms. The zero-order valence-electron chi connectivity index (χ0n) is 21.8. The molecule has 38 heavy (non-hydrogen) atoms. The average Bonchev–Trinajstić information content (AvgIpc) is 2.86. The second kappa shape index (κ2) is 14.3. The molecule has 0 saturated heterocycles. The Labute approximate surface area is 245 Å². The average molecular weight is 592 g/mol. The molecule has 1 atom stereocenters. The van der Waals surface area contributed by atoms with Crippen LogP contribution in [0, 0.1) is 0 Å². The Morgan fingerprint density at radius 3 is 2.13 bits per heavy atom. The van der Waals surface area contributed by atoms with E-state index in [2.05, 4.69) is 5.32 Å². The normalized spacial score (nSPS) is 12.2. The molecule has 0 aliphatic carbocycles. The third-order valence-corrected chi connectivity index (χ3v) is 7.84. The summed E-state index contributed by atoms with van der Waals surface area (Å²) in [5.41, 5.74) is 1.13. The van der Waals surface area contributed by atoms with Gasteiger partial charge in [0.1, 0.15) is 6.04 Å². The van der Waals surface area contributed by atoms with Crippen molar-refractivity contribution in [2.75, 3.05) is 5.75 Å². The van der Waals surface area contributed by atoms with Crippen LogP contribution in [0.3, 0.4) is 0 Å². The molecule has 4 nitrogen and oxygen atoms in total. The molecule has 0 radical (unpaired) electrons. The lowest BCUT2D eigenvalue weighted by Crippen LogP contribution is -2.54. The monoisotopic (exact) mass is 590 g/mol. The summed E-state index contributed by atoms with van der Waals surface area (Å²) in [5, 5.41) is 4.68. The molecule has 3 rings (SSSR count). The van der Waals surface area contributed by atoms with Crippen molar-refractivity contribution >= 4 is 58.4 Å². The molecule has 0 heterocycles. The minimum atomic E-state index is -0.736. The summed E-state index contributed by atoms with van der Waals surface area (Å²) >= 11 is 20.6. The van der Waals surface area contributed by atoms with Gasteiger partial charge >= 0.3 is 0 Å². The van der Waals surface area contributed by atoms with Crippen LogP contribution in [-0.2, 0) is 22.6 Å². The lowest BCUT2D eigenvalue weighted by molar-refractivity contribution is -0.142. The van der Waals surface area contributed by atoms with Crippen LogP contribution in [0.1, 0.15) is 44.7 Å². The maximum Gasteiger partial charge on any atom is 0.243 e. The second-order valence-corrected chi connectivity index (χ2v) is 12.5. The van der Waals surface area contributed by atoms with Crippen LogP contribution in [0.2, 0.25) is 15.1 Å². The molecule has 2 amide bonds. The molecule has 0 aliphatic heterocycles. The fourth-order valence-electron chi connectivity index (χ4n) is 3.95. The summed E-state index contributed by atoms with van der Waals surface area (Å²) in [6, 6.07) is 21.9. The first-order valence-electron chi connectivity index (χ1n) is 12.5. The summed E-state index contributed by atoms with van der Waals surface area (Å²) in [5.74, 6) is 0.419. The largest absolute Gasteiger partial charge is 0.350 e. The van der Waals surface area contributed by atoms with Gasteiger partial charge < -0.3 is 10.2 Å². The molecule has 0 saturated carbocycles. The van der Waals surface area contributed by atoms with Crippen molar-refractivity contribution in [3.63, 3.8) is 0 Å². The van der Waals surface area contributed by atoms with E-state index in [4.69, 9.17) is 34.8 Å². The van der Waals surface area contributed by atoms with Crippen molar-refractivity contribution in [3.8, 4) is 0 Å². The predicted molar refractivity (Wildman–Crippen MR) is 160 cm³/mol. The minimum absolute atomic E-state index is 0.123. The zero-order chi connectivity index (χ0) is 27.7. The summed E-state index contributed by atoms with van der Waals surface area (Å²) < 4.78 is 0. The zero-order valence-corrected chi connectivity index (χ0v) is 24.9. The smallest absolute Gasteiger partial charge is 0.243 e. The predicted octanol–water partition coefficient (Wildman–Crippen LogP) is 8.07. The summed E-state index contributed by atoms with van der Waals surface area (Å²) in [7, 11) is 0. The number of halogens is 3. The van der Waals surface area contributed by atoms with Crippen molar-refractivity contribution in [2.24, 2.45) is 0 Å². The topological polar surface area (TPSA) is 49.4 Å². The lowest BCUT2D eigenvalue weighted by atomic mass is 10.00. The van der Waals surface area contributed by atoms with Gasteiger partial charge in [-0.1, -0.05) is 71.2 Å². The van der Waals surface area contributed by atoms with Crippen LogP contribution in [0.4, 0.5) is 0 Å². The third-order valence-electron chi connectivity index (χ3n) is 5.78. The summed E-state index contributed by atoms with van der Waals surface area (Å²) in [6.45, 7) is 5.91. The Hall–Kier alpha value is -2.18. The molecule has 3 aromatic carbocycles. The highest BCUT2D eigenvalue weighted by atomic mass is 35.5. The molecule has 0 aliphatic rings. The standard InChI is InChI=1S/C30H33Cl3N2O2S/c1-30(2,3)34-29(37)27(19-21-9-5-4-6-10-21)35(20-24-25(32)11-7-12-26(24)33)28(36)13-8-18-38-23-16-14-22(31)15-17-23/h4-7,9-12,14-17,27H,8,13,18-20H2,1-3H3,(H,34,37). The molecular formula is C30H33Cl3N2O2S. The van der Waals surface area contributed by atoms with E-state index in [0.717, 1.165) is 16.2 Å². The summed E-state index contributed by atoms with van der Waals surface area (Å²) in [4.78, 5) is 30.1. The van der Waals surface area contributed by atoms with Gasteiger partial charge in [-0.05, 0) is 74.9 Å². The molecule has 0 spiro atoms. The SMILES string of the molecule is CC(C)(C)NC(=O)C(Cc1ccccc1)N(Cc1c(Cl)cccc1Cl)C(=O)CCCSc1ccc(Cl)cc1. The van der Waals surface area contributed by atoms with Gasteiger partial charge in [-0.2, -0.15) is 0 Å². The first-order chi connectivity index (χ1) is 18.0.